The molecule has 1 atom stereocenters. The molecular formula is C7H12ClN5. The molecule has 1 aliphatic rings. The summed E-state index contributed by atoms with van der Waals surface area (Å²) in [4.78, 5) is 2.17. The van der Waals surface area contributed by atoms with Crippen LogP contribution in [0.1, 0.15) is 6.42 Å². The molecule has 0 N–H and O–H groups in total. The maximum Gasteiger partial charge on any atom is 0.245 e. The van der Waals surface area contributed by atoms with Crippen molar-refractivity contribution in [1.29, 1.82) is 0 Å². The van der Waals surface area contributed by atoms with Crippen LogP contribution in [0.25, 0.3) is 0 Å². The lowest BCUT2D eigenvalue weighted by Gasteiger charge is -2.14. The monoisotopic (exact) mass is 201 g/mol. The normalized spacial score (nSPS) is 22.6. The molecule has 1 saturated heterocycles. The molecule has 0 bridgehead atoms. The second kappa shape index (κ2) is 3.49. The van der Waals surface area contributed by atoms with Crippen molar-refractivity contribution in [2.45, 2.75) is 6.42 Å². The van der Waals surface area contributed by atoms with Gasteiger partial charge in [-0.3, -0.25) is 0 Å². The molecule has 0 amide bonds. The Morgan fingerprint density at radius 1 is 1.62 bits per heavy atom. The first-order valence-corrected chi connectivity index (χ1v) is 4.88. The average Bonchev–Trinajstić information content (AvgIpc) is 2.71. The Bertz CT molecular complexity index is 286. The lowest BCUT2D eigenvalue weighted by molar-refractivity contribution is 0.660. The third-order valence-electron chi connectivity index (χ3n) is 2.38. The fraction of sp³-hybridized carbons (Fsp3) is 0.857. The zero-order valence-corrected chi connectivity index (χ0v) is 8.28. The van der Waals surface area contributed by atoms with E-state index in [4.69, 9.17) is 11.6 Å². The number of hydrogen-bond donors (Lipinski definition) is 0. The zero-order valence-electron chi connectivity index (χ0n) is 7.52. The van der Waals surface area contributed by atoms with E-state index in [0.29, 0.717) is 5.92 Å². The fourth-order valence-corrected chi connectivity index (χ4v) is 1.88. The number of hydrogen-bond acceptors (Lipinski definition) is 4. The Labute approximate surface area is 81.7 Å². The first-order valence-electron chi connectivity index (χ1n) is 4.34. The van der Waals surface area contributed by atoms with E-state index in [1.54, 1.807) is 4.68 Å². The summed E-state index contributed by atoms with van der Waals surface area (Å²) in [5.41, 5.74) is 0. The molecule has 0 aromatic carbocycles. The van der Waals surface area contributed by atoms with Gasteiger partial charge in [0.1, 0.15) is 0 Å². The van der Waals surface area contributed by atoms with Crippen molar-refractivity contribution in [1.82, 2.24) is 20.2 Å². The fourth-order valence-electron chi connectivity index (χ4n) is 1.63. The summed E-state index contributed by atoms with van der Waals surface area (Å²) in [6, 6.07) is 0. The van der Waals surface area contributed by atoms with Gasteiger partial charge in [-0.05, 0) is 22.8 Å². The second-order valence-corrected chi connectivity index (χ2v) is 3.67. The minimum Gasteiger partial charge on any atom is -0.339 e. The van der Waals surface area contributed by atoms with Crippen LogP contribution in [-0.2, 0) is 7.05 Å². The Hall–Kier alpha value is -0.840. The van der Waals surface area contributed by atoms with E-state index in [2.05, 4.69) is 20.4 Å². The molecule has 2 heterocycles. The van der Waals surface area contributed by atoms with Gasteiger partial charge in [-0.1, -0.05) is 5.10 Å². The van der Waals surface area contributed by atoms with Gasteiger partial charge in [0, 0.05) is 26.0 Å². The molecule has 2 rings (SSSR count). The highest BCUT2D eigenvalue weighted by Crippen LogP contribution is 2.21. The van der Waals surface area contributed by atoms with Gasteiger partial charge in [-0.25, -0.2) is 4.68 Å². The molecule has 13 heavy (non-hydrogen) atoms. The van der Waals surface area contributed by atoms with Crippen LogP contribution in [0.3, 0.4) is 0 Å². The lowest BCUT2D eigenvalue weighted by atomic mass is 10.2. The quantitative estimate of drug-likeness (QED) is 0.645. The van der Waals surface area contributed by atoms with Crippen molar-refractivity contribution < 1.29 is 0 Å². The van der Waals surface area contributed by atoms with Gasteiger partial charge in [0.05, 0.1) is 0 Å². The number of anilines is 1. The van der Waals surface area contributed by atoms with Gasteiger partial charge in [0.25, 0.3) is 0 Å². The van der Waals surface area contributed by atoms with E-state index in [0.717, 1.165) is 31.3 Å². The van der Waals surface area contributed by atoms with Crippen LogP contribution in [0, 0.1) is 5.92 Å². The van der Waals surface area contributed by atoms with Crippen LogP contribution < -0.4 is 4.90 Å². The van der Waals surface area contributed by atoms with Crippen molar-refractivity contribution in [3.63, 3.8) is 0 Å². The number of tetrazole rings is 1. The summed E-state index contributed by atoms with van der Waals surface area (Å²) in [6.45, 7) is 1.98. The van der Waals surface area contributed by atoms with Crippen molar-refractivity contribution in [2.75, 3.05) is 23.9 Å². The predicted molar refractivity (Wildman–Crippen MR) is 49.8 cm³/mol. The third-order valence-corrected chi connectivity index (χ3v) is 2.82. The molecule has 72 valence electrons. The number of nitrogens with zero attached hydrogens (tertiary/aromatic N) is 5. The van der Waals surface area contributed by atoms with Crippen molar-refractivity contribution in [3.8, 4) is 0 Å². The first kappa shape index (κ1) is 8.74. The maximum absolute atomic E-state index is 5.79. The molecule has 0 spiro atoms. The number of aromatic nitrogens is 4. The summed E-state index contributed by atoms with van der Waals surface area (Å²) >= 11 is 5.79. The van der Waals surface area contributed by atoms with Gasteiger partial charge in [-0.2, -0.15) is 0 Å². The highest BCUT2D eigenvalue weighted by atomic mass is 35.5. The lowest BCUT2D eigenvalue weighted by Crippen LogP contribution is -2.23. The molecule has 0 radical (unpaired) electrons. The SMILES string of the molecule is Cn1nnnc1N1CCC(CCl)C1. The van der Waals surface area contributed by atoms with E-state index in [9.17, 15) is 0 Å². The molecule has 0 aliphatic carbocycles. The summed E-state index contributed by atoms with van der Waals surface area (Å²) in [7, 11) is 1.85. The number of rotatable bonds is 2. The standard InChI is InChI=1S/C7H12ClN5/c1-12-7(9-10-11-12)13-3-2-6(4-8)5-13/h6H,2-5H2,1H3. The van der Waals surface area contributed by atoms with Gasteiger partial charge in [0.2, 0.25) is 5.95 Å². The van der Waals surface area contributed by atoms with Crippen LogP contribution >= 0.6 is 11.6 Å². The Morgan fingerprint density at radius 2 is 2.46 bits per heavy atom. The summed E-state index contributed by atoms with van der Waals surface area (Å²) in [6.07, 6.45) is 1.14. The highest BCUT2D eigenvalue weighted by molar-refractivity contribution is 6.18. The van der Waals surface area contributed by atoms with Crippen LogP contribution in [0.2, 0.25) is 0 Å². The van der Waals surface area contributed by atoms with Crippen LogP contribution in [0.15, 0.2) is 0 Å². The molecule has 0 saturated carbocycles. The van der Waals surface area contributed by atoms with E-state index in [1.165, 1.54) is 0 Å². The van der Waals surface area contributed by atoms with Crippen molar-refractivity contribution in [3.05, 3.63) is 0 Å². The number of halogens is 1. The minimum absolute atomic E-state index is 0.582. The summed E-state index contributed by atoms with van der Waals surface area (Å²) in [5, 5.41) is 11.3. The Balaban J connectivity index is 2.08. The van der Waals surface area contributed by atoms with Crippen molar-refractivity contribution >= 4 is 17.5 Å². The molecular weight excluding hydrogens is 190 g/mol. The van der Waals surface area contributed by atoms with Crippen LogP contribution in [-0.4, -0.2) is 39.2 Å². The summed E-state index contributed by atoms with van der Waals surface area (Å²) in [5.74, 6) is 2.15. The van der Waals surface area contributed by atoms with Crippen LogP contribution in [0.4, 0.5) is 5.95 Å². The highest BCUT2D eigenvalue weighted by Gasteiger charge is 2.24. The second-order valence-electron chi connectivity index (χ2n) is 3.36. The third kappa shape index (κ3) is 1.60. The van der Waals surface area contributed by atoms with E-state index >= 15 is 0 Å². The van der Waals surface area contributed by atoms with Gasteiger partial charge in [0.15, 0.2) is 0 Å². The molecule has 1 fully saturated rings. The smallest absolute Gasteiger partial charge is 0.245 e. The zero-order chi connectivity index (χ0) is 9.26. The van der Waals surface area contributed by atoms with E-state index in [-0.39, 0.29) is 0 Å². The molecule has 1 unspecified atom stereocenters. The molecule has 6 heteroatoms. The topological polar surface area (TPSA) is 46.8 Å². The Morgan fingerprint density at radius 3 is 3.00 bits per heavy atom. The number of aryl methyl sites for hydroxylation is 1. The average molecular weight is 202 g/mol. The number of alkyl halides is 1. The first-order chi connectivity index (χ1) is 6.31. The van der Waals surface area contributed by atoms with Gasteiger partial charge >= 0.3 is 0 Å². The molecule has 1 aliphatic heterocycles. The minimum atomic E-state index is 0.582. The van der Waals surface area contributed by atoms with Crippen molar-refractivity contribution in [2.24, 2.45) is 13.0 Å². The molecule has 1 aromatic heterocycles. The Kier molecular flexibility index (Phi) is 2.35. The summed E-state index contributed by atoms with van der Waals surface area (Å²) < 4.78 is 1.69. The van der Waals surface area contributed by atoms with Gasteiger partial charge < -0.3 is 4.90 Å². The van der Waals surface area contributed by atoms with Crippen LogP contribution in [0.5, 0.6) is 0 Å². The van der Waals surface area contributed by atoms with E-state index < -0.39 is 0 Å². The van der Waals surface area contributed by atoms with E-state index in [1.807, 2.05) is 7.05 Å². The molecule has 1 aromatic rings. The molecule has 5 nitrogen and oxygen atoms in total. The predicted octanol–water partition coefficient (Wildman–Crippen LogP) is 0.275. The maximum atomic E-state index is 5.79. The largest absolute Gasteiger partial charge is 0.339 e. The van der Waals surface area contributed by atoms with Gasteiger partial charge in [-0.15, -0.1) is 11.6 Å².